The Morgan fingerprint density at radius 3 is 2.19 bits per heavy atom. The van der Waals surface area contributed by atoms with Crippen LogP contribution < -0.4 is 5.32 Å². The Balaban J connectivity index is 1.67. The maximum absolute atomic E-state index is 12.2. The van der Waals surface area contributed by atoms with E-state index in [1.54, 1.807) is 0 Å². The van der Waals surface area contributed by atoms with Crippen molar-refractivity contribution in [3.63, 3.8) is 0 Å². The summed E-state index contributed by atoms with van der Waals surface area (Å²) in [7, 11) is 1.26. The summed E-state index contributed by atoms with van der Waals surface area (Å²) in [6.45, 7) is 2.46. The highest BCUT2D eigenvalue weighted by Crippen LogP contribution is 2.44. The third-order valence-corrected chi connectivity index (χ3v) is 4.61. The van der Waals surface area contributed by atoms with Crippen molar-refractivity contribution in [2.24, 2.45) is 0 Å². The number of carbonyl (C=O) groups is 2. The van der Waals surface area contributed by atoms with Crippen LogP contribution in [0.3, 0.4) is 0 Å². The highest BCUT2D eigenvalue weighted by atomic mass is 16.6. The minimum atomic E-state index is -0.898. The molecule has 2 aromatic carbocycles. The number of amides is 1. The summed E-state index contributed by atoms with van der Waals surface area (Å²) in [4.78, 5) is 24.0. The smallest absolute Gasteiger partial charge is 0.407 e. The summed E-state index contributed by atoms with van der Waals surface area (Å²) in [5.74, 6) is -0.608. The summed E-state index contributed by atoms with van der Waals surface area (Å²) in [5, 5.41) is 2.51. The molecule has 27 heavy (non-hydrogen) atoms. The predicted octanol–water partition coefficient (Wildman–Crippen LogP) is 3.10. The van der Waals surface area contributed by atoms with Crippen molar-refractivity contribution in [2.75, 3.05) is 26.9 Å². The van der Waals surface area contributed by atoms with Gasteiger partial charge in [0.05, 0.1) is 13.7 Å². The molecule has 1 aliphatic carbocycles. The third kappa shape index (κ3) is 4.11. The number of hydrogen-bond acceptors (Lipinski definition) is 5. The number of benzene rings is 2. The maximum Gasteiger partial charge on any atom is 0.407 e. The zero-order valence-electron chi connectivity index (χ0n) is 15.4. The Labute approximate surface area is 158 Å². The van der Waals surface area contributed by atoms with Crippen molar-refractivity contribution in [3.05, 3.63) is 59.7 Å². The van der Waals surface area contributed by atoms with Gasteiger partial charge in [-0.05, 0) is 29.2 Å². The fourth-order valence-electron chi connectivity index (χ4n) is 3.33. The van der Waals surface area contributed by atoms with Crippen LogP contribution in [0.1, 0.15) is 24.0 Å². The van der Waals surface area contributed by atoms with Gasteiger partial charge < -0.3 is 19.5 Å². The van der Waals surface area contributed by atoms with E-state index in [1.807, 2.05) is 43.3 Å². The van der Waals surface area contributed by atoms with Crippen molar-refractivity contribution in [2.45, 2.75) is 18.9 Å². The van der Waals surface area contributed by atoms with Crippen LogP contribution in [-0.2, 0) is 19.0 Å². The molecule has 142 valence electrons. The summed E-state index contributed by atoms with van der Waals surface area (Å²) < 4.78 is 15.3. The summed E-state index contributed by atoms with van der Waals surface area (Å²) in [6.07, 6.45) is -0.674. The highest BCUT2D eigenvalue weighted by Gasteiger charge is 2.29. The predicted molar refractivity (Wildman–Crippen MR) is 101 cm³/mol. The van der Waals surface area contributed by atoms with Crippen molar-refractivity contribution < 1.29 is 23.8 Å². The lowest BCUT2D eigenvalue weighted by molar-refractivity contribution is -0.144. The molecule has 6 heteroatoms. The standard InChI is InChI=1S/C21H23NO5/c1-3-26-13-19(20(23)25-2)22-21(24)27-12-18-16-10-6-4-8-14(16)15-9-5-7-11-17(15)18/h4-11,18-19H,3,12-13H2,1-2H3,(H,22,24)/t19-/m0/s1. The van der Waals surface area contributed by atoms with Gasteiger partial charge in [0.15, 0.2) is 6.04 Å². The molecule has 0 bridgehead atoms. The quantitative estimate of drug-likeness (QED) is 0.759. The van der Waals surface area contributed by atoms with Gasteiger partial charge in [-0.2, -0.15) is 0 Å². The summed E-state index contributed by atoms with van der Waals surface area (Å²) in [6, 6.07) is 15.3. The molecular formula is C21H23NO5. The van der Waals surface area contributed by atoms with Crippen LogP contribution >= 0.6 is 0 Å². The number of nitrogens with one attached hydrogen (secondary N) is 1. The number of esters is 1. The molecule has 0 heterocycles. The lowest BCUT2D eigenvalue weighted by Crippen LogP contribution is -2.45. The molecule has 0 fully saturated rings. The maximum atomic E-state index is 12.2. The van der Waals surface area contributed by atoms with Crippen LogP contribution in [0.2, 0.25) is 0 Å². The number of ether oxygens (including phenoxy) is 3. The molecule has 0 saturated carbocycles. The number of carbonyl (C=O) groups excluding carboxylic acids is 2. The van der Waals surface area contributed by atoms with E-state index in [-0.39, 0.29) is 19.1 Å². The molecule has 0 aromatic heterocycles. The SMILES string of the molecule is CCOC[C@H](NC(=O)OCC1c2ccccc2-c2ccccc21)C(=O)OC. The number of hydrogen-bond donors (Lipinski definition) is 1. The molecule has 6 nitrogen and oxygen atoms in total. The Bertz CT molecular complexity index is 774. The van der Waals surface area contributed by atoms with Crippen molar-refractivity contribution in [3.8, 4) is 11.1 Å². The van der Waals surface area contributed by atoms with Gasteiger partial charge in [-0.3, -0.25) is 0 Å². The molecule has 0 unspecified atom stereocenters. The van der Waals surface area contributed by atoms with E-state index in [0.717, 1.165) is 22.3 Å². The number of rotatable bonds is 7. The topological polar surface area (TPSA) is 73.9 Å². The average Bonchev–Trinajstić information content (AvgIpc) is 3.03. The lowest BCUT2D eigenvalue weighted by Gasteiger charge is -2.18. The monoisotopic (exact) mass is 369 g/mol. The van der Waals surface area contributed by atoms with Gasteiger partial charge in [0.2, 0.25) is 0 Å². The van der Waals surface area contributed by atoms with Gasteiger partial charge >= 0.3 is 12.1 Å². The molecule has 0 radical (unpaired) electrons. The van der Waals surface area contributed by atoms with E-state index in [2.05, 4.69) is 17.4 Å². The molecule has 3 rings (SSSR count). The molecule has 2 aromatic rings. The fraction of sp³-hybridized carbons (Fsp3) is 0.333. The zero-order chi connectivity index (χ0) is 19.2. The van der Waals surface area contributed by atoms with Crippen molar-refractivity contribution in [1.82, 2.24) is 5.32 Å². The largest absolute Gasteiger partial charge is 0.467 e. The van der Waals surface area contributed by atoms with E-state index >= 15 is 0 Å². The number of fused-ring (bicyclic) bond motifs is 3. The Morgan fingerprint density at radius 1 is 1.04 bits per heavy atom. The van der Waals surface area contributed by atoms with Crippen LogP contribution in [0.4, 0.5) is 4.79 Å². The minimum absolute atomic E-state index is 0.0351. The first-order valence-electron chi connectivity index (χ1n) is 8.92. The van der Waals surface area contributed by atoms with Crippen LogP contribution in [0.25, 0.3) is 11.1 Å². The van der Waals surface area contributed by atoms with E-state index in [4.69, 9.17) is 14.2 Å². The molecule has 1 N–H and O–H groups in total. The minimum Gasteiger partial charge on any atom is -0.467 e. The second-order valence-corrected chi connectivity index (χ2v) is 6.21. The van der Waals surface area contributed by atoms with E-state index in [0.29, 0.717) is 6.61 Å². The molecule has 0 saturated heterocycles. The second kappa shape index (κ2) is 8.68. The first kappa shape index (κ1) is 18.9. The first-order valence-corrected chi connectivity index (χ1v) is 8.92. The Hall–Kier alpha value is -2.86. The van der Waals surface area contributed by atoms with Gasteiger partial charge in [0.25, 0.3) is 0 Å². The van der Waals surface area contributed by atoms with Gasteiger partial charge in [-0.15, -0.1) is 0 Å². The van der Waals surface area contributed by atoms with Gasteiger partial charge in [-0.25, -0.2) is 9.59 Å². The van der Waals surface area contributed by atoms with E-state index < -0.39 is 18.1 Å². The normalized spacial score (nSPS) is 13.4. The van der Waals surface area contributed by atoms with Gasteiger partial charge in [-0.1, -0.05) is 48.5 Å². The molecule has 0 spiro atoms. The van der Waals surface area contributed by atoms with Gasteiger partial charge in [0.1, 0.15) is 6.61 Å². The van der Waals surface area contributed by atoms with E-state index in [1.165, 1.54) is 7.11 Å². The lowest BCUT2D eigenvalue weighted by atomic mass is 9.98. The molecular weight excluding hydrogens is 346 g/mol. The molecule has 1 atom stereocenters. The van der Waals surface area contributed by atoms with Crippen LogP contribution in [0, 0.1) is 0 Å². The molecule has 1 amide bonds. The summed E-state index contributed by atoms with van der Waals surface area (Å²) in [5.41, 5.74) is 4.58. The van der Waals surface area contributed by atoms with Crippen molar-refractivity contribution in [1.29, 1.82) is 0 Å². The number of methoxy groups -OCH3 is 1. The average molecular weight is 369 g/mol. The second-order valence-electron chi connectivity index (χ2n) is 6.21. The van der Waals surface area contributed by atoms with Crippen LogP contribution in [0.5, 0.6) is 0 Å². The van der Waals surface area contributed by atoms with Gasteiger partial charge in [0, 0.05) is 12.5 Å². The number of alkyl carbamates (subject to hydrolysis) is 1. The zero-order valence-corrected chi connectivity index (χ0v) is 15.4. The third-order valence-electron chi connectivity index (χ3n) is 4.61. The highest BCUT2D eigenvalue weighted by molar-refractivity contribution is 5.82. The van der Waals surface area contributed by atoms with Crippen LogP contribution in [0.15, 0.2) is 48.5 Å². The fourth-order valence-corrected chi connectivity index (χ4v) is 3.33. The van der Waals surface area contributed by atoms with Crippen LogP contribution in [-0.4, -0.2) is 45.0 Å². The molecule has 0 aliphatic heterocycles. The Kier molecular flexibility index (Phi) is 6.08. The van der Waals surface area contributed by atoms with Crippen molar-refractivity contribution >= 4 is 12.1 Å². The molecule has 1 aliphatic rings. The van der Waals surface area contributed by atoms with E-state index in [9.17, 15) is 9.59 Å². The first-order chi connectivity index (χ1) is 13.2. The Morgan fingerprint density at radius 2 is 1.63 bits per heavy atom. The summed E-state index contributed by atoms with van der Waals surface area (Å²) >= 11 is 0.